The largest absolute Gasteiger partial charge is 0.366 e. The number of piperidine rings is 1. The molecule has 2 rings (SSSR count). The second kappa shape index (κ2) is 5.05. The fourth-order valence-corrected chi connectivity index (χ4v) is 2.63. The topological polar surface area (TPSA) is 29.3 Å². The Balaban J connectivity index is 2.41. The van der Waals surface area contributed by atoms with E-state index >= 15 is 0 Å². The Morgan fingerprint density at radius 1 is 1.41 bits per heavy atom. The monoisotopic (exact) mass is 236 g/mol. The van der Waals surface area contributed by atoms with Crippen molar-refractivity contribution in [3.8, 4) is 0 Å². The summed E-state index contributed by atoms with van der Waals surface area (Å²) < 4.78 is 14.1. The van der Waals surface area contributed by atoms with Crippen molar-refractivity contribution in [1.82, 2.24) is 0 Å². The van der Waals surface area contributed by atoms with Crippen LogP contribution in [-0.4, -0.2) is 12.6 Å². The molecule has 1 aromatic carbocycles. The van der Waals surface area contributed by atoms with E-state index in [0.717, 1.165) is 30.6 Å². The number of nitrogens with zero attached hydrogens (tertiary/aromatic N) is 1. The Hall–Kier alpha value is -1.09. The lowest BCUT2D eigenvalue weighted by molar-refractivity contribution is 0.473. The highest BCUT2D eigenvalue weighted by Gasteiger charge is 2.24. The first-order valence-corrected chi connectivity index (χ1v) is 6.42. The molecule has 1 heterocycles. The third-order valence-corrected chi connectivity index (χ3v) is 3.60. The van der Waals surface area contributed by atoms with E-state index in [-0.39, 0.29) is 11.9 Å². The molecule has 1 aliphatic heterocycles. The molecule has 3 heteroatoms. The summed E-state index contributed by atoms with van der Waals surface area (Å²) in [5.74, 6) is -0.145. The van der Waals surface area contributed by atoms with Gasteiger partial charge in [0.25, 0.3) is 0 Å². The Morgan fingerprint density at radius 3 is 2.82 bits per heavy atom. The van der Waals surface area contributed by atoms with Gasteiger partial charge in [-0.15, -0.1) is 0 Å². The molecule has 1 aromatic rings. The summed E-state index contributed by atoms with van der Waals surface area (Å²) in [6.45, 7) is 5.01. The van der Waals surface area contributed by atoms with E-state index in [4.69, 9.17) is 5.73 Å². The number of hydrogen-bond donors (Lipinski definition) is 1. The molecule has 1 saturated heterocycles. The summed E-state index contributed by atoms with van der Waals surface area (Å²) in [5.41, 5.74) is 7.58. The molecule has 17 heavy (non-hydrogen) atoms. The zero-order chi connectivity index (χ0) is 12.4. The second-order valence-corrected chi connectivity index (χ2v) is 5.00. The highest BCUT2D eigenvalue weighted by Crippen LogP contribution is 2.32. The highest BCUT2D eigenvalue weighted by molar-refractivity contribution is 5.57. The maximum absolute atomic E-state index is 14.1. The molecule has 0 saturated carbocycles. The fraction of sp³-hybridized carbons (Fsp3) is 0.571. The molecule has 1 fully saturated rings. The molecule has 94 valence electrons. The smallest absolute Gasteiger partial charge is 0.146 e. The van der Waals surface area contributed by atoms with E-state index in [1.54, 1.807) is 6.07 Å². The van der Waals surface area contributed by atoms with Crippen LogP contribution in [0.3, 0.4) is 0 Å². The van der Waals surface area contributed by atoms with Crippen molar-refractivity contribution in [2.24, 2.45) is 5.73 Å². The lowest BCUT2D eigenvalue weighted by atomic mass is 9.99. The van der Waals surface area contributed by atoms with E-state index in [0.29, 0.717) is 6.04 Å². The van der Waals surface area contributed by atoms with Gasteiger partial charge in [-0.05, 0) is 44.7 Å². The minimum absolute atomic E-state index is 0.130. The van der Waals surface area contributed by atoms with Gasteiger partial charge in [0.1, 0.15) is 5.82 Å². The number of benzene rings is 1. The highest BCUT2D eigenvalue weighted by atomic mass is 19.1. The molecular formula is C14H21FN2. The third kappa shape index (κ3) is 2.44. The molecule has 2 N–H and O–H groups in total. The van der Waals surface area contributed by atoms with Gasteiger partial charge >= 0.3 is 0 Å². The van der Waals surface area contributed by atoms with Crippen molar-refractivity contribution in [2.45, 2.75) is 45.2 Å². The Morgan fingerprint density at radius 2 is 2.18 bits per heavy atom. The van der Waals surface area contributed by atoms with Crippen molar-refractivity contribution in [3.63, 3.8) is 0 Å². The lowest BCUT2D eigenvalue weighted by Gasteiger charge is -2.37. The number of rotatable bonds is 2. The van der Waals surface area contributed by atoms with Crippen LogP contribution < -0.4 is 10.6 Å². The van der Waals surface area contributed by atoms with Crippen LogP contribution in [0.4, 0.5) is 10.1 Å². The lowest BCUT2D eigenvalue weighted by Crippen LogP contribution is -2.39. The molecule has 2 atom stereocenters. The third-order valence-electron chi connectivity index (χ3n) is 3.60. The molecule has 2 nitrogen and oxygen atoms in total. The van der Waals surface area contributed by atoms with Gasteiger partial charge < -0.3 is 10.6 Å². The first-order chi connectivity index (χ1) is 8.11. The van der Waals surface area contributed by atoms with Gasteiger partial charge in [0.15, 0.2) is 0 Å². The van der Waals surface area contributed by atoms with E-state index < -0.39 is 0 Å². The van der Waals surface area contributed by atoms with Crippen LogP contribution in [0.2, 0.25) is 0 Å². The van der Waals surface area contributed by atoms with Crippen molar-refractivity contribution in [1.29, 1.82) is 0 Å². The molecule has 0 bridgehead atoms. The summed E-state index contributed by atoms with van der Waals surface area (Å²) in [4.78, 5) is 2.18. The number of halogens is 1. The van der Waals surface area contributed by atoms with Gasteiger partial charge in [0, 0.05) is 18.6 Å². The van der Waals surface area contributed by atoms with Crippen LogP contribution in [0.25, 0.3) is 0 Å². The quantitative estimate of drug-likeness (QED) is 0.854. The van der Waals surface area contributed by atoms with Crippen molar-refractivity contribution >= 4 is 5.69 Å². The predicted octanol–water partition coefficient (Wildman–Crippen LogP) is 3.22. The van der Waals surface area contributed by atoms with E-state index in [2.05, 4.69) is 11.8 Å². The summed E-state index contributed by atoms with van der Waals surface area (Å²) in [6, 6.07) is 5.48. The average molecular weight is 236 g/mol. The zero-order valence-corrected chi connectivity index (χ0v) is 10.6. The van der Waals surface area contributed by atoms with Crippen LogP contribution in [0.5, 0.6) is 0 Å². The van der Waals surface area contributed by atoms with Gasteiger partial charge in [-0.1, -0.05) is 12.1 Å². The van der Waals surface area contributed by atoms with E-state index in [9.17, 15) is 4.39 Å². The summed E-state index contributed by atoms with van der Waals surface area (Å²) in [7, 11) is 0. The van der Waals surface area contributed by atoms with Crippen LogP contribution in [0.1, 0.15) is 44.7 Å². The Kier molecular flexibility index (Phi) is 3.67. The number of para-hydroxylation sites is 1. The van der Waals surface area contributed by atoms with Gasteiger partial charge in [-0.25, -0.2) is 4.39 Å². The zero-order valence-electron chi connectivity index (χ0n) is 10.6. The molecule has 1 unspecified atom stereocenters. The Labute approximate surface area is 103 Å². The van der Waals surface area contributed by atoms with Gasteiger partial charge in [-0.2, -0.15) is 0 Å². The van der Waals surface area contributed by atoms with Gasteiger partial charge in [0.05, 0.1) is 5.69 Å². The SMILES string of the molecule is CC1CCCCN1c1c(F)cccc1[C@H](C)N. The van der Waals surface area contributed by atoms with E-state index in [1.165, 1.54) is 12.5 Å². The van der Waals surface area contributed by atoms with Crippen LogP contribution >= 0.6 is 0 Å². The average Bonchev–Trinajstić information content (AvgIpc) is 2.30. The standard InChI is InChI=1S/C14H21FN2/c1-10-6-3-4-9-17(10)14-12(11(2)16)7-5-8-13(14)15/h5,7-8,10-11H,3-4,6,9,16H2,1-2H3/t10?,11-/m0/s1. The molecule has 0 amide bonds. The maximum atomic E-state index is 14.1. The van der Waals surface area contributed by atoms with Crippen molar-refractivity contribution in [3.05, 3.63) is 29.6 Å². The van der Waals surface area contributed by atoms with Crippen LogP contribution in [-0.2, 0) is 0 Å². The normalized spacial score (nSPS) is 22.6. The molecule has 0 radical (unpaired) electrons. The molecule has 1 aliphatic rings. The molecule has 0 spiro atoms. The number of anilines is 1. The molecule has 0 aliphatic carbocycles. The van der Waals surface area contributed by atoms with Gasteiger partial charge in [0.2, 0.25) is 0 Å². The van der Waals surface area contributed by atoms with Crippen LogP contribution in [0, 0.1) is 5.82 Å². The van der Waals surface area contributed by atoms with Crippen molar-refractivity contribution in [2.75, 3.05) is 11.4 Å². The fourth-order valence-electron chi connectivity index (χ4n) is 2.63. The molecule has 0 aromatic heterocycles. The minimum Gasteiger partial charge on any atom is -0.366 e. The number of hydrogen-bond acceptors (Lipinski definition) is 2. The Bertz CT molecular complexity index is 390. The first-order valence-electron chi connectivity index (χ1n) is 6.42. The minimum atomic E-state index is -0.145. The van der Waals surface area contributed by atoms with E-state index in [1.807, 2.05) is 13.0 Å². The van der Waals surface area contributed by atoms with Crippen LogP contribution in [0.15, 0.2) is 18.2 Å². The first kappa shape index (κ1) is 12.4. The molecular weight excluding hydrogens is 215 g/mol. The predicted molar refractivity (Wildman–Crippen MR) is 69.7 cm³/mol. The summed E-state index contributed by atoms with van der Waals surface area (Å²) in [6.07, 6.45) is 3.50. The van der Waals surface area contributed by atoms with Gasteiger partial charge in [-0.3, -0.25) is 0 Å². The van der Waals surface area contributed by atoms with Crippen molar-refractivity contribution < 1.29 is 4.39 Å². The number of nitrogens with two attached hydrogens (primary N) is 1. The summed E-state index contributed by atoms with van der Waals surface area (Å²) in [5, 5.41) is 0. The summed E-state index contributed by atoms with van der Waals surface area (Å²) >= 11 is 0. The maximum Gasteiger partial charge on any atom is 0.146 e. The second-order valence-electron chi connectivity index (χ2n) is 5.00.